The maximum atomic E-state index is 11.6. The highest BCUT2D eigenvalue weighted by Crippen LogP contribution is 2.24. The molecule has 1 fully saturated rings. The second kappa shape index (κ2) is 13.2. The zero-order valence-electron chi connectivity index (χ0n) is 19.1. The molecule has 6 nitrogen and oxygen atoms in total. The number of para-hydroxylation sites is 1. The minimum absolute atomic E-state index is 0. The first-order valence-electron chi connectivity index (χ1n) is 11.0. The maximum Gasteiger partial charge on any atom is 0.508 e. The summed E-state index contributed by atoms with van der Waals surface area (Å²) in [4.78, 5) is 13.8. The largest absolute Gasteiger partial charge is 0.508 e. The van der Waals surface area contributed by atoms with Crippen LogP contribution in [0.2, 0.25) is 0 Å². The molecule has 2 aromatic carbocycles. The van der Waals surface area contributed by atoms with Crippen LogP contribution in [0.3, 0.4) is 0 Å². The molecule has 0 radical (unpaired) electrons. The van der Waals surface area contributed by atoms with Crippen molar-refractivity contribution in [2.45, 2.75) is 44.8 Å². The van der Waals surface area contributed by atoms with E-state index in [0.717, 1.165) is 43.7 Å². The monoisotopic (exact) mass is 463 g/mol. The van der Waals surface area contributed by atoms with Gasteiger partial charge in [-0.3, -0.25) is 4.90 Å². The Hall–Kier alpha value is -2.44. The lowest BCUT2D eigenvalue weighted by Crippen LogP contribution is -2.27. The van der Waals surface area contributed by atoms with E-state index in [1.807, 2.05) is 24.3 Å². The fourth-order valence-electron chi connectivity index (χ4n) is 4.00. The molecule has 1 aliphatic heterocycles. The Kier molecular flexibility index (Phi) is 10.6. The summed E-state index contributed by atoms with van der Waals surface area (Å²) in [7, 11) is 3.75. The molecule has 0 unspecified atom stereocenters. The normalized spacial score (nSPS) is 18.0. The Balaban J connectivity index is 0.00000363. The minimum Gasteiger partial charge on any atom is -0.497 e. The van der Waals surface area contributed by atoms with Crippen LogP contribution in [-0.2, 0) is 22.3 Å². The van der Waals surface area contributed by atoms with E-state index in [4.69, 9.17) is 18.9 Å². The molecule has 2 aromatic rings. The minimum atomic E-state index is -0.581. The number of carbonyl (C=O) groups excluding carboxylic acids is 1. The summed E-state index contributed by atoms with van der Waals surface area (Å²) in [6.45, 7) is 3.45. The average Bonchev–Trinajstić information content (AvgIpc) is 3.12. The summed E-state index contributed by atoms with van der Waals surface area (Å²) in [6.07, 6.45) is 2.81. The third-order valence-corrected chi connectivity index (χ3v) is 5.67. The molecule has 0 aromatic heterocycles. The van der Waals surface area contributed by atoms with Gasteiger partial charge in [-0.1, -0.05) is 30.3 Å². The molecular weight excluding hydrogens is 430 g/mol. The molecule has 0 N–H and O–H groups in total. The van der Waals surface area contributed by atoms with Gasteiger partial charge in [0.15, 0.2) is 0 Å². The number of hydrogen-bond donors (Lipinski definition) is 0. The Morgan fingerprint density at radius 3 is 2.72 bits per heavy atom. The predicted molar refractivity (Wildman–Crippen MR) is 127 cm³/mol. The van der Waals surface area contributed by atoms with Gasteiger partial charge in [-0.2, -0.15) is 0 Å². The van der Waals surface area contributed by atoms with Gasteiger partial charge in [0.25, 0.3) is 0 Å². The number of benzene rings is 2. The van der Waals surface area contributed by atoms with E-state index in [1.165, 1.54) is 11.1 Å². The molecule has 0 bridgehead atoms. The van der Waals surface area contributed by atoms with Crippen molar-refractivity contribution < 1.29 is 23.7 Å². The highest BCUT2D eigenvalue weighted by molar-refractivity contribution is 5.85. The molecule has 3 rings (SSSR count). The molecule has 176 valence electrons. The van der Waals surface area contributed by atoms with Gasteiger partial charge < -0.3 is 18.9 Å². The Bertz CT molecular complexity index is 847. The van der Waals surface area contributed by atoms with E-state index >= 15 is 0 Å². The van der Waals surface area contributed by atoms with Crippen LogP contribution in [0.1, 0.15) is 30.9 Å². The predicted octanol–water partition coefficient (Wildman–Crippen LogP) is 4.92. The third kappa shape index (κ3) is 7.61. The number of rotatable bonds is 10. The second-order valence-electron chi connectivity index (χ2n) is 7.85. The quantitative estimate of drug-likeness (QED) is 0.466. The molecule has 32 heavy (non-hydrogen) atoms. The van der Waals surface area contributed by atoms with Gasteiger partial charge >= 0.3 is 6.16 Å². The molecule has 0 amide bonds. The van der Waals surface area contributed by atoms with Crippen molar-refractivity contribution in [2.75, 3.05) is 33.9 Å². The van der Waals surface area contributed by atoms with Crippen LogP contribution in [0.4, 0.5) is 4.79 Å². The number of carbonyl (C=O) groups is 1. The zero-order valence-corrected chi connectivity index (χ0v) is 19.9. The lowest BCUT2D eigenvalue weighted by atomic mass is 10.0. The van der Waals surface area contributed by atoms with Crippen molar-refractivity contribution in [2.24, 2.45) is 0 Å². The van der Waals surface area contributed by atoms with Crippen LogP contribution < -0.4 is 9.47 Å². The summed E-state index contributed by atoms with van der Waals surface area (Å²) in [5, 5.41) is 0. The molecule has 1 aliphatic rings. The van der Waals surface area contributed by atoms with Gasteiger partial charge in [-0.25, -0.2) is 4.79 Å². The standard InChI is InChI=1S/C25H33NO5.ClH/c1-4-29-25(27)31-23-17-21(26(2)18-23)14-15-30-24-11-6-5-9-20(24)13-12-19-8-7-10-22(16-19)28-3;/h5-11,16,21,23H,4,12-15,17-18H2,1-3H3;1H/t21-,23-;/m1./s1. The number of hydrogen-bond acceptors (Lipinski definition) is 6. The third-order valence-electron chi connectivity index (χ3n) is 5.67. The molecule has 0 aliphatic carbocycles. The molecule has 1 saturated heterocycles. The summed E-state index contributed by atoms with van der Waals surface area (Å²) in [5.74, 6) is 1.82. The lowest BCUT2D eigenvalue weighted by molar-refractivity contribution is 0.0299. The molecule has 0 saturated carbocycles. The van der Waals surface area contributed by atoms with Crippen LogP contribution >= 0.6 is 12.4 Å². The van der Waals surface area contributed by atoms with Crippen LogP contribution in [0.15, 0.2) is 48.5 Å². The second-order valence-corrected chi connectivity index (χ2v) is 7.85. The molecule has 1 heterocycles. The van der Waals surface area contributed by atoms with Crippen molar-refractivity contribution in [1.29, 1.82) is 0 Å². The summed E-state index contributed by atoms with van der Waals surface area (Å²) in [6, 6.07) is 16.7. The smallest absolute Gasteiger partial charge is 0.497 e. The summed E-state index contributed by atoms with van der Waals surface area (Å²) >= 11 is 0. The molecule has 2 atom stereocenters. The van der Waals surface area contributed by atoms with E-state index in [9.17, 15) is 4.79 Å². The average molecular weight is 464 g/mol. The SMILES string of the molecule is CCOC(=O)O[C@@H]1C[C@@H](CCOc2ccccc2CCc2cccc(OC)c2)N(C)C1.Cl. The van der Waals surface area contributed by atoms with Crippen LogP contribution in [-0.4, -0.2) is 57.1 Å². The van der Waals surface area contributed by atoms with E-state index in [2.05, 4.69) is 36.2 Å². The van der Waals surface area contributed by atoms with Crippen molar-refractivity contribution in [3.63, 3.8) is 0 Å². The Labute approximate surface area is 197 Å². The van der Waals surface area contributed by atoms with E-state index in [-0.39, 0.29) is 18.5 Å². The van der Waals surface area contributed by atoms with Gasteiger partial charge in [0.05, 0.1) is 20.3 Å². The Morgan fingerprint density at radius 2 is 1.94 bits per heavy atom. The van der Waals surface area contributed by atoms with Crippen LogP contribution in [0.5, 0.6) is 11.5 Å². The van der Waals surface area contributed by atoms with Crippen molar-refractivity contribution in [3.05, 3.63) is 59.7 Å². The van der Waals surface area contributed by atoms with Crippen LogP contribution in [0.25, 0.3) is 0 Å². The number of ether oxygens (including phenoxy) is 4. The van der Waals surface area contributed by atoms with Gasteiger partial charge in [0, 0.05) is 19.0 Å². The fourth-order valence-corrected chi connectivity index (χ4v) is 4.00. The number of aryl methyl sites for hydroxylation is 2. The van der Waals surface area contributed by atoms with E-state index in [1.54, 1.807) is 14.0 Å². The Morgan fingerprint density at radius 1 is 1.12 bits per heavy atom. The number of likely N-dealkylation sites (N-methyl/N-ethyl adjacent to an activating group) is 1. The zero-order chi connectivity index (χ0) is 22.1. The maximum absolute atomic E-state index is 11.6. The number of methoxy groups -OCH3 is 1. The summed E-state index contributed by atoms with van der Waals surface area (Å²) < 4.78 is 21.7. The highest BCUT2D eigenvalue weighted by atomic mass is 35.5. The van der Waals surface area contributed by atoms with E-state index in [0.29, 0.717) is 19.3 Å². The van der Waals surface area contributed by atoms with Gasteiger partial charge in [0.1, 0.15) is 17.6 Å². The number of nitrogens with zero attached hydrogens (tertiary/aromatic N) is 1. The molecule has 0 spiro atoms. The number of likely N-dealkylation sites (tertiary alicyclic amines) is 1. The van der Waals surface area contributed by atoms with Gasteiger partial charge in [-0.05, 0) is 62.6 Å². The highest BCUT2D eigenvalue weighted by Gasteiger charge is 2.32. The van der Waals surface area contributed by atoms with Gasteiger partial charge in [0.2, 0.25) is 0 Å². The molecular formula is C25H34ClNO5. The first-order valence-corrected chi connectivity index (χ1v) is 11.0. The van der Waals surface area contributed by atoms with Gasteiger partial charge in [-0.15, -0.1) is 12.4 Å². The van der Waals surface area contributed by atoms with Crippen molar-refractivity contribution in [1.82, 2.24) is 4.90 Å². The van der Waals surface area contributed by atoms with E-state index < -0.39 is 6.16 Å². The van der Waals surface area contributed by atoms with Crippen molar-refractivity contribution in [3.8, 4) is 11.5 Å². The van der Waals surface area contributed by atoms with Crippen molar-refractivity contribution >= 4 is 18.6 Å². The first-order chi connectivity index (χ1) is 15.1. The number of halogens is 1. The fraction of sp³-hybridized carbons (Fsp3) is 0.480. The lowest BCUT2D eigenvalue weighted by Gasteiger charge is -2.19. The molecule has 7 heteroatoms. The van der Waals surface area contributed by atoms with Crippen LogP contribution in [0, 0.1) is 0 Å². The summed E-state index contributed by atoms with van der Waals surface area (Å²) in [5.41, 5.74) is 2.45. The first kappa shape index (κ1) is 25.8. The topological polar surface area (TPSA) is 57.2 Å².